The Balaban J connectivity index is 2.63. The molecular weight excluding hydrogens is 326 g/mol. The van der Waals surface area contributed by atoms with E-state index in [9.17, 15) is 0 Å². The van der Waals surface area contributed by atoms with E-state index in [-0.39, 0.29) is 5.41 Å². The molecule has 1 rings (SSSR count). The molecule has 2 nitrogen and oxygen atoms in total. The summed E-state index contributed by atoms with van der Waals surface area (Å²) in [5.41, 5.74) is 1.51. The van der Waals surface area contributed by atoms with Gasteiger partial charge in [-0.15, -0.1) is 0 Å². The molecule has 0 bridgehead atoms. The minimum atomic E-state index is 0.162. The quantitative estimate of drug-likeness (QED) is 0.618. The van der Waals surface area contributed by atoms with Crippen LogP contribution in [0.1, 0.15) is 53.0 Å². The molecule has 0 amide bonds. The van der Waals surface area contributed by atoms with Crippen LogP contribution in [-0.4, -0.2) is 19.7 Å². The first-order chi connectivity index (χ1) is 9.86. The number of rotatable bonds is 9. The molecule has 1 aromatic carbocycles. The third-order valence-electron chi connectivity index (χ3n) is 3.65. The lowest BCUT2D eigenvalue weighted by molar-refractivity contribution is 0.315. The van der Waals surface area contributed by atoms with E-state index in [4.69, 9.17) is 4.74 Å². The van der Waals surface area contributed by atoms with Crippen molar-refractivity contribution in [2.45, 2.75) is 52.9 Å². The fraction of sp³-hybridized carbons (Fsp3) is 0.667. The first-order valence-corrected chi connectivity index (χ1v) is 8.79. The van der Waals surface area contributed by atoms with Gasteiger partial charge in [0, 0.05) is 0 Å². The Morgan fingerprint density at radius 2 is 2.00 bits per heavy atom. The van der Waals surface area contributed by atoms with Gasteiger partial charge in [0.1, 0.15) is 5.75 Å². The van der Waals surface area contributed by atoms with E-state index >= 15 is 0 Å². The minimum Gasteiger partial charge on any atom is -0.492 e. The molecule has 0 saturated carbocycles. The highest BCUT2D eigenvalue weighted by Gasteiger charge is 2.21. The summed E-state index contributed by atoms with van der Waals surface area (Å²) in [6.45, 7) is 14.1. The molecule has 120 valence electrons. The standard InChI is InChI=1S/C18H30BrNO/c1-6-11-21-17-8-7-15(12-16(17)19)18(4,5)9-10-20-13-14(2)3/h7-8,12,14,20H,6,9-11,13H2,1-5H3. The summed E-state index contributed by atoms with van der Waals surface area (Å²) < 4.78 is 6.77. The molecule has 0 fully saturated rings. The van der Waals surface area contributed by atoms with Crippen LogP contribution in [0.15, 0.2) is 22.7 Å². The Morgan fingerprint density at radius 3 is 2.57 bits per heavy atom. The summed E-state index contributed by atoms with van der Waals surface area (Å²) in [6.07, 6.45) is 2.16. The maximum atomic E-state index is 5.72. The molecule has 0 aliphatic rings. The topological polar surface area (TPSA) is 21.3 Å². The molecule has 21 heavy (non-hydrogen) atoms. The van der Waals surface area contributed by atoms with E-state index in [1.54, 1.807) is 0 Å². The van der Waals surface area contributed by atoms with Crippen LogP contribution in [0.3, 0.4) is 0 Å². The molecule has 0 radical (unpaired) electrons. The zero-order valence-electron chi connectivity index (χ0n) is 14.1. The molecule has 1 N–H and O–H groups in total. The van der Waals surface area contributed by atoms with Gasteiger partial charge in [-0.2, -0.15) is 0 Å². The molecule has 0 saturated heterocycles. The van der Waals surface area contributed by atoms with Crippen LogP contribution < -0.4 is 10.1 Å². The summed E-state index contributed by atoms with van der Waals surface area (Å²) in [5, 5.41) is 3.53. The summed E-state index contributed by atoms with van der Waals surface area (Å²) in [6, 6.07) is 6.48. The largest absolute Gasteiger partial charge is 0.492 e. The van der Waals surface area contributed by atoms with Gasteiger partial charge in [0.2, 0.25) is 0 Å². The van der Waals surface area contributed by atoms with Crippen LogP contribution in [0.25, 0.3) is 0 Å². The number of ether oxygens (including phenoxy) is 1. The molecule has 0 unspecified atom stereocenters. The van der Waals surface area contributed by atoms with Crippen LogP contribution in [0.2, 0.25) is 0 Å². The number of benzene rings is 1. The minimum absolute atomic E-state index is 0.162. The molecular formula is C18H30BrNO. The maximum absolute atomic E-state index is 5.72. The highest BCUT2D eigenvalue weighted by atomic mass is 79.9. The van der Waals surface area contributed by atoms with Gasteiger partial charge in [-0.25, -0.2) is 0 Å². The first-order valence-electron chi connectivity index (χ1n) is 8.00. The highest BCUT2D eigenvalue weighted by molar-refractivity contribution is 9.10. The Morgan fingerprint density at radius 1 is 1.29 bits per heavy atom. The van der Waals surface area contributed by atoms with E-state index in [1.165, 1.54) is 5.56 Å². The van der Waals surface area contributed by atoms with Crippen molar-refractivity contribution in [3.05, 3.63) is 28.2 Å². The van der Waals surface area contributed by atoms with Gasteiger partial charge in [0.05, 0.1) is 11.1 Å². The van der Waals surface area contributed by atoms with Gasteiger partial charge < -0.3 is 10.1 Å². The van der Waals surface area contributed by atoms with E-state index < -0.39 is 0 Å². The average Bonchev–Trinajstić information content (AvgIpc) is 2.42. The van der Waals surface area contributed by atoms with Crippen LogP contribution in [0.4, 0.5) is 0 Å². The molecule has 0 heterocycles. The lowest BCUT2D eigenvalue weighted by Gasteiger charge is -2.26. The zero-order valence-corrected chi connectivity index (χ0v) is 15.7. The number of hydrogen-bond donors (Lipinski definition) is 1. The Bertz CT molecular complexity index is 429. The molecule has 0 aromatic heterocycles. The molecule has 0 aliphatic heterocycles. The predicted molar refractivity (Wildman–Crippen MR) is 95.3 cm³/mol. The lowest BCUT2D eigenvalue weighted by Crippen LogP contribution is -2.27. The SMILES string of the molecule is CCCOc1ccc(C(C)(C)CCNCC(C)C)cc1Br. The second kappa shape index (κ2) is 8.79. The van der Waals surface area contributed by atoms with Crippen molar-refractivity contribution in [2.75, 3.05) is 19.7 Å². The second-order valence-electron chi connectivity index (χ2n) is 6.73. The summed E-state index contributed by atoms with van der Waals surface area (Å²) in [4.78, 5) is 0. The number of halogens is 1. The molecule has 0 spiro atoms. The Kier molecular flexibility index (Phi) is 7.75. The van der Waals surface area contributed by atoms with Crippen molar-refractivity contribution >= 4 is 15.9 Å². The normalized spacial score (nSPS) is 12.0. The summed E-state index contributed by atoms with van der Waals surface area (Å²) in [7, 11) is 0. The predicted octanol–water partition coefficient (Wildman–Crippen LogP) is 5.15. The molecule has 0 aliphatic carbocycles. The van der Waals surface area contributed by atoms with E-state index in [2.05, 4.69) is 74.1 Å². The van der Waals surface area contributed by atoms with Crippen molar-refractivity contribution in [2.24, 2.45) is 5.92 Å². The fourth-order valence-corrected chi connectivity index (χ4v) is 2.68. The monoisotopic (exact) mass is 355 g/mol. The fourth-order valence-electron chi connectivity index (χ4n) is 2.19. The molecule has 1 aromatic rings. The Labute approximate surface area is 138 Å². The average molecular weight is 356 g/mol. The third-order valence-corrected chi connectivity index (χ3v) is 4.27. The van der Waals surface area contributed by atoms with Crippen molar-refractivity contribution in [1.29, 1.82) is 0 Å². The van der Waals surface area contributed by atoms with E-state index in [0.717, 1.165) is 42.8 Å². The molecule has 0 atom stereocenters. The van der Waals surface area contributed by atoms with Crippen LogP contribution in [0.5, 0.6) is 5.75 Å². The van der Waals surface area contributed by atoms with Crippen LogP contribution in [-0.2, 0) is 5.41 Å². The van der Waals surface area contributed by atoms with Gasteiger partial charge in [-0.3, -0.25) is 0 Å². The Hall–Kier alpha value is -0.540. The summed E-state index contributed by atoms with van der Waals surface area (Å²) in [5.74, 6) is 1.64. The van der Waals surface area contributed by atoms with E-state index in [0.29, 0.717) is 5.92 Å². The molecule has 3 heteroatoms. The first kappa shape index (κ1) is 18.5. The smallest absolute Gasteiger partial charge is 0.133 e. The lowest BCUT2D eigenvalue weighted by atomic mass is 9.81. The van der Waals surface area contributed by atoms with Gasteiger partial charge in [0.25, 0.3) is 0 Å². The number of nitrogens with one attached hydrogen (secondary N) is 1. The van der Waals surface area contributed by atoms with Gasteiger partial charge in [-0.05, 0) is 70.9 Å². The number of hydrogen-bond acceptors (Lipinski definition) is 2. The highest BCUT2D eigenvalue weighted by Crippen LogP contribution is 2.33. The van der Waals surface area contributed by atoms with Gasteiger partial charge in [-0.1, -0.05) is 40.7 Å². The summed E-state index contributed by atoms with van der Waals surface area (Å²) >= 11 is 3.63. The van der Waals surface area contributed by atoms with Crippen LogP contribution >= 0.6 is 15.9 Å². The van der Waals surface area contributed by atoms with Crippen molar-refractivity contribution in [1.82, 2.24) is 5.32 Å². The van der Waals surface area contributed by atoms with Gasteiger partial charge in [0.15, 0.2) is 0 Å². The second-order valence-corrected chi connectivity index (χ2v) is 7.58. The van der Waals surface area contributed by atoms with Crippen molar-refractivity contribution < 1.29 is 4.74 Å². The third kappa shape index (κ3) is 6.39. The zero-order chi connectivity index (χ0) is 15.9. The van der Waals surface area contributed by atoms with Crippen molar-refractivity contribution in [3.8, 4) is 5.75 Å². The maximum Gasteiger partial charge on any atom is 0.133 e. The van der Waals surface area contributed by atoms with E-state index in [1.807, 2.05) is 0 Å². The van der Waals surface area contributed by atoms with Gasteiger partial charge >= 0.3 is 0 Å². The van der Waals surface area contributed by atoms with Crippen LogP contribution in [0, 0.1) is 5.92 Å². The van der Waals surface area contributed by atoms with Crippen molar-refractivity contribution in [3.63, 3.8) is 0 Å².